The van der Waals surface area contributed by atoms with Crippen LogP contribution in [0.15, 0.2) is 36.4 Å². The molecule has 25 heavy (non-hydrogen) atoms. The molecule has 134 valence electrons. The molecule has 0 saturated carbocycles. The summed E-state index contributed by atoms with van der Waals surface area (Å²) in [5.74, 6) is 1.48. The summed E-state index contributed by atoms with van der Waals surface area (Å²) in [4.78, 5) is 11.4. The van der Waals surface area contributed by atoms with E-state index in [2.05, 4.69) is 51.7 Å². The molecule has 0 unspecified atom stereocenters. The van der Waals surface area contributed by atoms with E-state index in [-0.39, 0.29) is 6.10 Å². The lowest BCUT2D eigenvalue weighted by atomic mass is 10.1. The number of nitrogens with zero attached hydrogens (tertiary/aromatic N) is 3. The second-order valence-electron chi connectivity index (χ2n) is 6.57. The molecule has 1 saturated heterocycles. The summed E-state index contributed by atoms with van der Waals surface area (Å²) in [5, 5.41) is 6.73. The van der Waals surface area contributed by atoms with Crippen molar-refractivity contribution in [1.29, 1.82) is 0 Å². The van der Waals surface area contributed by atoms with Gasteiger partial charge in [0.15, 0.2) is 0 Å². The molecule has 1 aromatic carbocycles. The first-order chi connectivity index (χ1) is 12.2. The summed E-state index contributed by atoms with van der Waals surface area (Å²) in [5.41, 5.74) is 2.00. The predicted molar refractivity (Wildman–Crippen MR) is 102 cm³/mol. The van der Waals surface area contributed by atoms with Gasteiger partial charge in [-0.3, -0.25) is 0 Å². The minimum atomic E-state index is 0.278. The number of likely N-dealkylation sites (N-methyl/N-ethyl adjacent to an activating group) is 1. The first-order valence-electron chi connectivity index (χ1n) is 8.89. The van der Waals surface area contributed by atoms with E-state index in [9.17, 15) is 0 Å². The zero-order valence-corrected chi connectivity index (χ0v) is 15.0. The highest BCUT2D eigenvalue weighted by Gasteiger charge is 2.15. The maximum atomic E-state index is 5.68. The summed E-state index contributed by atoms with van der Waals surface area (Å²) in [6.07, 6.45) is 2.53. The summed E-state index contributed by atoms with van der Waals surface area (Å²) < 4.78 is 5.68. The molecule has 1 aliphatic heterocycles. The Hall–Kier alpha value is -2.18. The van der Waals surface area contributed by atoms with E-state index in [1.807, 2.05) is 24.3 Å². The first-order valence-corrected chi connectivity index (χ1v) is 8.89. The number of anilines is 2. The number of nitrogens with one attached hydrogen (secondary N) is 2. The number of ether oxygens (including phenoxy) is 1. The summed E-state index contributed by atoms with van der Waals surface area (Å²) >= 11 is 0. The lowest BCUT2D eigenvalue weighted by molar-refractivity contribution is 0.120. The van der Waals surface area contributed by atoms with E-state index in [0.717, 1.165) is 56.2 Å². The van der Waals surface area contributed by atoms with Crippen LogP contribution < -0.4 is 10.6 Å². The number of hydrogen-bond donors (Lipinski definition) is 2. The summed E-state index contributed by atoms with van der Waals surface area (Å²) in [7, 11) is 4.11. The lowest BCUT2D eigenvalue weighted by Crippen LogP contribution is -2.22. The second-order valence-corrected chi connectivity index (χ2v) is 6.57. The van der Waals surface area contributed by atoms with Gasteiger partial charge in [0.25, 0.3) is 0 Å². The fourth-order valence-electron chi connectivity index (χ4n) is 2.79. The summed E-state index contributed by atoms with van der Waals surface area (Å²) in [6, 6.07) is 12.2. The van der Waals surface area contributed by atoms with Gasteiger partial charge in [-0.2, -0.15) is 4.98 Å². The van der Waals surface area contributed by atoms with Gasteiger partial charge in [-0.15, -0.1) is 0 Å². The number of rotatable bonds is 8. The third kappa shape index (κ3) is 5.41. The average Bonchev–Trinajstić information content (AvgIpc) is 3.14. The Kier molecular flexibility index (Phi) is 6.19. The molecule has 6 nitrogen and oxygen atoms in total. The maximum Gasteiger partial charge on any atom is 0.225 e. The molecular formula is C19H27N5O. The third-order valence-electron chi connectivity index (χ3n) is 4.17. The van der Waals surface area contributed by atoms with Gasteiger partial charge in [0.05, 0.1) is 11.8 Å². The van der Waals surface area contributed by atoms with Gasteiger partial charge in [-0.1, -0.05) is 30.3 Å². The van der Waals surface area contributed by atoms with E-state index in [1.165, 1.54) is 0 Å². The van der Waals surface area contributed by atoms with Crippen LogP contribution in [0.25, 0.3) is 11.3 Å². The third-order valence-corrected chi connectivity index (χ3v) is 4.17. The van der Waals surface area contributed by atoms with E-state index < -0.39 is 0 Å². The van der Waals surface area contributed by atoms with Crippen LogP contribution in [0, 0.1) is 0 Å². The monoisotopic (exact) mass is 341 g/mol. The molecule has 1 aromatic heterocycles. The second kappa shape index (κ2) is 8.78. The molecule has 3 rings (SSSR count). The topological polar surface area (TPSA) is 62.3 Å². The van der Waals surface area contributed by atoms with Crippen molar-refractivity contribution < 1.29 is 4.74 Å². The molecule has 2 heterocycles. The van der Waals surface area contributed by atoms with Crippen molar-refractivity contribution in [1.82, 2.24) is 14.9 Å². The van der Waals surface area contributed by atoms with E-state index in [4.69, 9.17) is 4.74 Å². The molecule has 2 aromatic rings. The molecule has 0 radical (unpaired) electrons. The van der Waals surface area contributed by atoms with E-state index in [1.54, 1.807) is 0 Å². The van der Waals surface area contributed by atoms with Gasteiger partial charge >= 0.3 is 0 Å². The van der Waals surface area contributed by atoms with Gasteiger partial charge in [-0.25, -0.2) is 4.98 Å². The van der Waals surface area contributed by atoms with Crippen molar-refractivity contribution >= 4 is 11.8 Å². The molecule has 1 aliphatic rings. The SMILES string of the molecule is CN(C)CCNc1nc(NC[C@@H]2CCCO2)cc(-c2ccccc2)n1. The van der Waals surface area contributed by atoms with Crippen molar-refractivity contribution in [3.8, 4) is 11.3 Å². The van der Waals surface area contributed by atoms with Crippen LogP contribution >= 0.6 is 0 Å². The molecule has 0 amide bonds. The number of benzene rings is 1. The Balaban J connectivity index is 1.75. The number of aromatic nitrogens is 2. The minimum Gasteiger partial charge on any atom is -0.376 e. The molecule has 1 fully saturated rings. The largest absolute Gasteiger partial charge is 0.376 e. The highest BCUT2D eigenvalue weighted by Crippen LogP contribution is 2.22. The van der Waals surface area contributed by atoms with Crippen LogP contribution in [0.3, 0.4) is 0 Å². The zero-order valence-electron chi connectivity index (χ0n) is 15.0. The Labute approximate surface area is 149 Å². The van der Waals surface area contributed by atoms with Gasteiger partial charge < -0.3 is 20.3 Å². The van der Waals surface area contributed by atoms with Crippen LogP contribution in [-0.2, 0) is 4.74 Å². The van der Waals surface area contributed by atoms with Crippen molar-refractivity contribution in [3.63, 3.8) is 0 Å². The molecule has 6 heteroatoms. The molecular weight excluding hydrogens is 314 g/mol. The first kappa shape index (κ1) is 17.6. The molecule has 0 bridgehead atoms. The van der Waals surface area contributed by atoms with Crippen molar-refractivity contribution in [2.75, 3.05) is 51.0 Å². The predicted octanol–water partition coefficient (Wildman–Crippen LogP) is 2.71. The normalized spacial score (nSPS) is 17.0. The Morgan fingerprint density at radius 2 is 2.00 bits per heavy atom. The molecule has 2 N–H and O–H groups in total. The van der Waals surface area contributed by atoms with Crippen LogP contribution in [0.5, 0.6) is 0 Å². The Morgan fingerprint density at radius 3 is 2.72 bits per heavy atom. The quantitative estimate of drug-likeness (QED) is 0.770. The van der Waals surface area contributed by atoms with E-state index >= 15 is 0 Å². The van der Waals surface area contributed by atoms with Gasteiger partial charge in [0.2, 0.25) is 5.95 Å². The van der Waals surface area contributed by atoms with Crippen molar-refractivity contribution in [3.05, 3.63) is 36.4 Å². The fraction of sp³-hybridized carbons (Fsp3) is 0.474. The van der Waals surface area contributed by atoms with Crippen LogP contribution in [0.4, 0.5) is 11.8 Å². The van der Waals surface area contributed by atoms with Crippen LogP contribution in [0.2, 0.25) is 0 Å². The average molecular weight is 341 g/mol. The van der Waals surface area contributed by atoms with Crippen molar-refractivity contribution in [2.45, 2.75) is 18.9 Å². The minimum absolute atomic E-state index is 0.278. The number of hydrogen-bond acceptors (Lipinski definition) is 6. The zero-order chi connectivity index (χ0) is 17.5. The van der Waals surface area contributed by atoms with Crippen LogP contribution in [0.1, 0.15) is 12.8 Å². The molecule has 0 spiro atoms. The Morgan fingerprint density at radius 1 is 1.16 bits per heavy atom. The highest BCUT2D eigenvalue weighted by atomic mass is 16.5. The molecule has 0 aliphatic carbocycles. The van der Waals surface area contributed by atoms with Gasteiger partial charge in [-0.05, 0) is 26.9 Å². The maximum absolute atomic E-state index is 5.68. The Bertz CT molecular complexity index is 656. The molecule has 1 atom stereocenters. The smallest absolute Gasteiger partial charge is 0.225 e. The highest BCUT2D eigenvalue weighted by molar-refractivity contribution is 5.64. The fourth-order valence-corrected chi connectivity index (χ4v) is 2.79. The van der Waals surface area contributed by atoms with Crippen molar-refractivity contribution in [2.24, 2.45) is 0 Å². The standard InChI is InChI=1S/C19H27N5O/c1-24(2)11-10-20-19-22-17(15-7-4-3-5-8-15)13-18(23-19)21-14-16-9-6-12-25-16/h3-5,7-8,13,16H,6,9-12,14H2,1-2H3,(H2,20,21,22,23)/t16-/m0/s1. The van der Waals surface area contributed by atoms with Crippen LogP contribution in [-0.4, -0.2) is 61.3 Å². The van der Waals surface area contributed by atoms with Gasteiger partial charge in [0, 0.05) is 37.9 Å². The van der Waals surface area contributed by atoms with E-state index in [0.29, 0.717) is 5.95 Å². The summed E-state index contributed by atoms with van der Waals surface area (Å²) in [6.45, 7) is 3.37. The lowest BCUT2D eigenvalue weighted by Gasteiger charge is -2.15. The van der Waals surface area contributed by atoms with Gasteiger partial charge in [0.1, 0.15) is 5.82 Å².